The molecule has 2 aliphatic rings. The number of carbonyl (C=O) groups excluding carboxylic acids is 1. The highest BCUT2D eigenvalue weighted by Gasteiger charge is 2.29. The van der Waals surface area contributed by atoms with E-state index in [0.29, 0.717) is 31.9 Å². The highest BCUT2D eigenvalue weighted by Crippen LogP contribution is 2.44. The van der Waals surface area contributed by atoms with Gasteiger partial charge in [-0.1, -0.05) is 48.5 Å². The zero-order valence-corrected chi connectivity index (χ0v) is 17.3. The number of nitrogens with zero attached hydrogens (tertiary/aromatic N) is 3. The van der Waals surface area contributed by atoms with Crippen molar-refractivity contribution in [1.82, 2.24) is 15.2 Å². The molecule has 1 aliphatic heterocycles. The number of rotatable bonds is 5. The second-order valence-corrected chi connectivity index (χ2v) is 8.03. The van der Waals surface area contributed by atoms with Crippen LogP contribution in [0.2, 0.25) is 0 Å². The third-order valence-electron chi connectivity index (χ3n) is 6.16. The topological polar surface area (TPSA) is 120 Å². The first-order valence-corrected chi connectivity index (χ1v) is 10.6. The molecule has 32 heavy (non-hydrogen) atoms. The van der Waals surface area contributed by atoms with Crippen LogP contribution in [0.15, 0.2) is 48.5 Å². The molecule has 5 rings (SSSR count). The van der Waals surface area contributed by atoms with Crippen molar-refractivity contribution in [3.63, 3.8) is 0 Å². The molecule has 0 spiro atoms. The van der Waals surface area contributed by atoms with Crippen molar-refractivity contribution >= 4 is 24.0 Å². The number of ether oxygens (including phenoxy) is 1. The third-order valence-corrected chi connectivity index (χ3v) is 6.16. The summed E-state index contributed by atoms with van der Waals surface area (Å²) in [7, 11) is 0. The Balaban J connectivity index is 1.19. The number of aromatic amines is 1. The standard InChI is InChI=1S/C23H23N5O4/c29-20(30)14-9-11-28(12-10-14)22-24-21(26-27-22)25-23(31)32-13-19-17-7-3-1-5-15(17)16-6-2-4-8-18(16)19/h1-8,14,19H,9-13H2,(H,29,30)(H2,24,25,26,27,31). The van der Waals surface area contributed by atoms with Crippen LogP contribution in [0.5, 0.6) is 0 Å². The Bertz CT molecular complexity index is 1110. The molecule has 1 aliphatic carbocycles. The third kappa shape index (κ3) is 3.77. The summed E-state index contributed by atoms with van der Waals surface area (Å²) in [5, 5.41) is 18.5. The predicted molar refractivity (Wildman–Crippen MR) is 118 cm³/mol. The van der Waals surface area contributed by atoms with Crippen molar-refractivity contribution in [2.45, 2.75) is 18.8 Å². The first-order valence-electron chi connectivity index (χ1n) is 10.6. The molecule has 0 unspecified atom stereocenters. The number of aliphatic carboxylic acids is 1. The quantitative estimate of drug-likeness (QED) is 0.563. The molecule has 1 saturated heterocycles. The van der Waals surface area contributed by atoms with Crippen molar-refractivity contribution in [3.8, 4) is 11.1 Å². The van der Waals surface area contributed by atoms with Crippen LogP contribution in [0, 0.1) is 5.92 Å². The second-order valence-electron chi connectivity index (χ2n) is 8.03. The number of carbonyl (C=O) groups is 2. The Labute approximate surface area is 184 Å². The Morgan fingerprint density at radius 1 is 1.06 bits per heavy atom. The van der Waals surface area contributed by atoms with Gasteiger partial charge in [0.2, 0.25) is 11.9 Å². The van der Waals surface area contributed by atoms with Crippen LogP contribution in [0.3, 0.4) is 0 Å². The lowest BCUT2D eigenvalue weighted by Gasteiger charge is -2.28. The van der Waals surface area contributed by atoms with E-state index in [-0.39, 0.29) is 24.4 Å². The molecule has 0 radical (unpaired) electrons. The highest BCUT2D eigenvalue weighted by atomic mass is 16.5. The molecule has 3 aromatic rings. The van der Waals surface area contributed by atoms with Gasteiger partial charge in [-0.15, -0.1) is 5.10 Å². The number of hydrogen-bond donors (Lipinski definition) is 3. The van der Waals surface area contributed by atoms with Crippen LogP contribution >= 0.6 is 0 Å². The number of piperidine rings is 1. The number of carboxylic acids is 1. The number of amides is 1. The number of H-pyrrole nitrogens is 1. The Hall–Kier alpha value is -3.88. The summed E-state index contributed by atoms with van der Waals surface area (Å²) in [6, 6.07) is 16.3. The van der Waals surface area contributed by atoms with E-state index in [2.05, 4.69) is 44.8 Å². The van der Waals surface area contributed by atoms with Crippen LogP contribution in [0.4, 0.5) is 16.7 Å². The molecule has 2 heterocycles. The average Bonchev–Trinajstić information content (AvgIpc) is 3.40. The maximum atomic E-state index is 12.4. The molecule has 1 fully saturated rings. The van der Waals surface area contributed by atoms with E-state index in [1.165, 1.54) is 11.1 Å². The largest absolute Gasteiger partial charge is 0.481 e. The van der Waals surface area contributed by atoms with E-state index in [1.54, 1.807) is 0 Å². The summed E-state index contributed by atoms with van der Waals surface area (Å²) in [5.74, 6) is -0.491. The molecule has 1 amide bonds. The van der Waals surface area contributed by atoms with Gasteiger partial charge in [0.05, 0.1) is 5.92 Å². The van der Waals surface area contributed by atoms with Crippen LogP contribution < -0.4 is 10.2 Å². The van der Waals surface area contributed by atoms with E-state index in [9.17, 15) is 9.59 Å². The lowest BCUT2D eigenvalue weighted by Crippen LogP contribution is -2.36. The molecule has 9 nitrogen and oxygen atoms in total. The second kappa shape index (κ2) is 8.33. The number of aromatic nitrogens is 3. The van der Waals surface area contributed by atoms with Gasteiger partial charge >= 0.3 is 12.1 Å². The van der Waals surface area contributed by atoms with Crippen LogP contribution in [-0.2, 0) is 9.53 Å². The zero-order valence-electron chi connectivity index (χ0n) is 17.3. The Morgan fingerprint density at radius 2 is 1.69 bits per heavy atom. The van der Waals surface area contributed by atoms with Gasteiger partial charge in [0.1, 0.15) is 6.61 Å². The van der Waals surface area contributed by atoms with Gasteiger partial charge in [-0.05, 0) is 35.1 Å². The van der Waals surface area contributed by atoms with E-state index in [0.717, 1.165) is 11.1 Å². The minimum absolute atomic E-state index is 0.0195. The zero-order chi connectivity index (χ0) is 22.1. The molecule has 0 atom stereocenters. The molecule has 1 aromatic heterocycles. The van der Waals surface area contributed by atoms with Gasteiger partial charge in [-0.2, -0.15) is 4.98 Å². The monoisotopic (exact) mass is 433 g/mol. The molecule has 164 valence electrons. The first kappa shape index (κ1) is 20.0. The van der Waals surface area contributed by atoms with Crippen LogP contribution in [0.1, 0.15) is 29.9 Å². The summed E-state index contributed by atoms with van der Waals surface area (Å²) in [4.78, 5) is 29.7. The maximum absolute atomic E-state index is 12.4. The fraction of sp³-hybridized carbons (Fsp3) is 0.304. The van der Waals surface area contributed by atoms with Crippen molar-refractivity contribution in [3.05, 3.63) is 59.7 Å². The maximum Gasteiger partial charge on any atom is 0.414 e. The Kier molecular flexibility index (Phi) is 5.22. The molecule has 9 heteroatoms. The summed E-state index contributed by atoms with van der Waals surface area (Å²) < 4.78 is 5.52. The smallest absolute Gasteiger partial charge is 0.414 e. The van der Waals surface area contributed by atoms with Crippen LogP contribution in [0.25, 0.3) is 11.1 Å². The van der Waals surface area contributed by atoms with Gasteiger partial charge in [-0.3, -0.25) is 10.1 Å². The molecule has 3 N–H and O–H groups in total. The number of benzene rings is 2. The SMILES string of the molecule is O=C(Nc1nc(N2CCC(C(=O)O)CC2)n[nH]1)OCC1c2ccccc2-c2ccccc21. The number of hydrogen-bond acceptors (Lipinski definition) is 6. The van der Waals surface area contributed by atoms with Crippen molar-refractivity contribution < 1.29 is 19.4 Å². The minimum atomic E-state index is -0.766. The molecule has 0 saturated carbocycles. The Morgan fingerprint density at radius 3 is 2.31 bits per heavy atom. The van der Waals surface area contributed by atoms with Gasteiger partial charge in [0.15, 0.2) is 0 Å². The van der Waals surface area contributed by atoms with E-state index >= 15 is 0 Å². The van der Waals surface area contributed by atoms with Crippen molar-refractivity contribution in [2.24, 2.45) is 5.92 Å². The summed E-state index contributed by atoms with van der Waals surface area (Å²) >= 11 is 0. The number of carboxylic acid groups (broad SMARTS) is 1. The van der Waals surface area contributed by atoms with Crippen molar-refractivity contribution in [1.29, 1.82) is 0 Å². The van der Waals surface area contributed by atoms with Crippen LogP contribution in [-0.4, -0.2) is 52.0 Å². The van der Waals surface area contributed by atoms with Gasteiger partial charge < -0.3 is 14.7 Å². The fourth-order valence-electron chi connectivity index (χ4n) is 4.51. The van der Waals surface area contributed by atoms with Gasteiger partial charge in [-0.25, -0.2) is 9.89 Å². The van der Waals surface area contributed by atoms with E-state index in [4.69, 9.17) is 9.84 Å². The lowest BCUT2D eigenvalue weighted by molar-refractivity contribution is -0.142. The lowest BCUT2D eigenvalue weighted by atomic mass is 9.97. The molecule has 0 bridgehead atoms. The van der Waals surface area contributed by atoms with E-state index < -0.39 is 12.1 Å². The summed E-state index contributed by atoms with van der Waals surface area (Å²) in [5.41, 5.74) is 4.63. The average molecular weight is 433 g/mol. The fourth-order valence-corrected chi connectivity index (χ4v) is 4.51. The molecule has 2 aromatic carbocycles. The van der Waals surface area contributed by atoms with Gasteiger partial charge in [0.25, 0.3) is 0 Å². The van der Waals surface area contributed by atoms with Gasteiger partial charge in [0, 0.05) is 19.0 Å². The number of nitrogens with one attached hydrogen (secondary N) is 2. The predicted octanol–water partition coefficient (Wildman–Crippen LogP) is 3.47. The summed E-state index contributed by atoms with van der Waals surface area (Å²) in [6.45, 7) is 1.32. The van der Waals surface area contributed by atoms with Crippen molar-refractivity contribution in [2.75, 3.05) is 29.9 Å². The number of fused-ring (bicyclic) bond motifs is 3. The first-order chi connectivity index (χ1) is 15.6. The van der Waals surface area contributed by atoms with E-state index in [1.807, 2.05) is 29.2 Å². The highest BCUT2D eigenvalue weighted by molar-refractivity contribution is 5.83. The number of anilines is 2. The molecular weight excluding hydrogens is 410 g/mol. The minimum Gasteiger partial charge on any atom is -0.481 e. The normalized spacial score (nSPS) is 15.8. The summed E-state index contributed by atoms with van der Waals surface area (Å²) in [6.07, 6.45) is 0.469. The molecular formula is C23H23N5O4.